The molecule has 1 aromatic carbocycles. The molecule has 0 bridgehead atoms. The topological polar surface area (TPSA) is 63.9 Å². The van der Waals surface area contributed by atoms with Crippen molar-refractivity contribution in [1.82, 2.24) is 10.2 Å². The number of halogens is 1. The molecule has 0 radical (unpaired) electrons. The Kier molecular flexibility index (Phi) is 3.09. The summed E-state index contributed by atoms with van der Waals surface area (Å²) in [6, 6.07) is 8.06. The van der Waals surface area contributed by atoms with Crippen LogP contribution in [0.3, 0.4) is 0 Å². The van der Waals surface area contributed by atoms with E-state index < -0.39 is 0 Å². The van der Waals surface area contributed by atoms with Crippen molar-refractivity contribution >= 4 is 21.7 Å². The van der Waals surface area contributed by atoms with E-state index in [0.29, 0.717) is 5.82 Å². The van der Waals surface area contributed by atoms with E-state index in [2.05, 4.69) is 26.1 Å². The smallest absolute Gasteiger partial charge is 0.153 e. The maximum Gasteiger partial charge on any atom is 0.153 e. The fourth-order valence-electron chi connectivity index (χ4n) is 2.36. The number of aromatic nitrogens is 2. The number of rotatable bonds is 2. The predicted octanol–water partition coefficient (Wildman–Crippen LogP) is 3.27. The molecule has 2 heterocycles. The number of nitrogens with two attached hydrogens (primary N) is 1. The molecule has 0 amide bonds. The first kappa shape index (κ1) is 11.7. The molecule has 1 aromatic heterocycles. The van der Waals surface area contributed by atoms with Crippen LogP contribution >= 0.6 is 15.9 Å². The Bertz CT molecular complexity index is 561. The van der Waals surface area contributed by atoms with Crippen molar-refractivity contribution < 1.29 is 4.74 Å². The minimum absolute atomic E-state index is 0.0868. The van der Waals surface area contributed by atoms with E-state index in [1.54, 1.807) is 0 Å². The van der Waals surface area contributed by atoms with E-state index in [0.717, 1.165) is 40.7 Å². The molecule has 0 saturated carbocycles. The SMILES string of the molecule is Nc1n[nH]c(C2CCCO2)c1-c1cccc(Br)c1. The summed E-state index contributed by atoms with van der Waals surface area (Å²) in [5, 5.41) is 7.14. The van der Waals surface area contributed by atoms with Crippen molar-refractivity contribution in [3.63, 3.8) is 0 Å². The normalized spacial score (nSPS) is 19.3. The highest BCUT2D eigenvalue weighted by molar-refractivity contribution is 9.10. The van der Waals surface area contributed by atoms with E-state index in [9.17, 15) is 0 Å². The van der Waals surface area contributed by atoms with Gasteiger partial charge in [0.05, 0.1) is 11.8 Å². The zero-order chi connectivity index (χ0) is 12.5. The molecular weight excluding hydrogens is 294 g/mol. The Morgan fingerprint density at radius 2 is 2.33 bits per heavy atom. The highest BCUT2D eigenvalue weighted by Crippen LogP contribution is 2.37. The zero-order valence-electron chi connectivity index (χ0n) is 9.82. The third kappa shape index (κ3) is 2.04. The number of nitrogen functional groups attached to an aromatic ring is 1. The van der Waals surface area contributed by atoms with Crippen molar-refractivity contribution in [3.05, 3.63) is 34.4 Å². The van der Waals surface area contributed by atoms with E-state index in [1.807, 2.05) is 24.3 Å². The second-order valence-corrected chi connectivity index (χ2v) is 5.33. The number of benzene rings is 1. The van der Waals surface area contributed by atoms with E-state index in [1.165, 1.54) is 0 Å². The zero-order valence-corrected chi connectivity index (χ0v) is 11.4. The predicted molar refractivity (Wildman–Crippen MR) is 74.1 cm³/mol. The lowest BCUT2D eigenvalue weighted by atomic mass is 10.0. The molecule has 1 fully saturated rings. The molecule has 18 heavy (non-hydrogen) atoms. The molecule has 2 aromatic rings. The van der Waals surface area contributed by atoms with Gasteiger partial charge in [0.1, 0.15) is 0 Å². The molecule has 5 heteroatoms. The van der Waals surface area contributed by atoms with Crippen LogP contribution in [-0.4, -0.2) is 16.8 Å². The van der Waals surface area contributed by atoms with E-state index in [4.69, 9.17) is 10.5 Å². The fraction of sp³-hybridized carbons (Fsp3) is 0.308. The average Bonchev–Trinajstić information content (AvgIpc) is 2.97. The molecule has 1 aliphatic rings. The van der Waals surface area contributed by atoms with Gasteiger partial charge in [0, 0.05) is 16.6 Å². The van der Waals surface area contributed by atoms with E-state index in [-0.39, 0.29) is 6.10 Å². The summed E-state index contributed by atoms with van der Waals surface area (Å²) < 4.78 is 6.73. The summed E-state index contributed by atoms with van der Waals surface area (Å²) in [6.07, 6.45) is 2.19. The van der Waals surface area contributed by atoms with Crippen molar-refractivity contribution in [3.8, 4) is 11.1 Å². The fourth-order valence-corrected chi connectivity index (χ4v) is 2.76. The maximum absolute atomic E-state index is 5.98. The van der Waals surface area contributed by atoms with Crippen LogP contribution in [0.2, 0.25) is 0 Å². The summed E-state index contributed by atoms with van der Waals surface area (Å²) in [7, 11) is 0. The van der Waals surface area contributed by atoms with Crippen LogP contribution in [-0.2, 0) is 4.74 Å². The average molecular weight is 308 g/mol. The molecule has 0 aliphatic carbocycles. The lowest BCUT2D eigenvalue weighted by molar-refractivity contribution is 0.109. The molecule has 1 unspecified atom stereocenters. The number of nitrogens with zero attached hydrogens (tertiary/aromatic N) is 1. The van der Waals surface area contributed by atoms with Gasteiger partial charge in [0.2, 0.25) is 0 Å². The first-order valence-corrected chi connectivity index (χ1v) is 6.76. The number of H-pyrrole nitrogens is 1. The van der Waals surface area contributed by atoms with Gasteiger partial charge >= 0.3 is 0 Å². The monoisotopic (exact) mass is 307 g/mol. The Morgan fingerprint density at radius 1 is 1.44 bits per heavy atom. The van der Waals surface area contributed by atoms with Gasteiger partial charge in [-0.1, -0.05) is 28.1 Å². The lowest BCUT2D eigenvalue weighted by Gasteiger charge is -2.10. The van der Waals surface area contributed by atoms with E-state index >= 15 is 0 Å². The summed E-state index contributed by atoms with van der Waals surface area (Å²) in [6.45, 7) is 0.807. The van der Waals surface area contributed by atoms with Gasteiger partial charge in [-0.05, 0) is 30.5 Å². The van der Waals surface area contributed by atoms with Gasteiger partial charge in [0.25, 0.3) is 0 Å². The van der Waals surface area contributed by atoms with Gasteiger partial charge < -0.3 is 10.5 Å². The first-order valence-electron chi connectivity index (χ1n) is 5.97. The number of nitrogens with one attached hydrogen (secondary N) is 1. The Labute approximate surface area is 114 Å². The number of anilines is 1. The highest BCUT2D eigenvalue weighted by Gasteiger charge is 2.25. The Balaban J connectivity index is 2.07. The Hall–Kier alpha value is -1.33. The minimum atomic E-state index is 0.0868. The van der Waals surface area contributed by atoms with Crippen LogP contribution in [0.25, 0.3) is 11.1 Å². The largest absolute Gasteiger partial charge is 0.382 e. The summed E-state index contributed by atoms with van der Waals surface area (Å²) in [4.78, 5) is 0. The summed E-state index contributed by atoms with van der Waals surface area (Å²) in [5.41, 5.74) is 8.98. The second-order valence-electron chi connectivity index (χ2n) is 4.41. The van der Waals surface area contributed by atoms with Gasteiger partial charge in [0.15, 0.2) is 5.82 Å². The number of aromatic amines is 1. The number of hydrogen-bond donors (Lipinski definition) is 2. The van der Waals surface area contributed by atoms with Crippen molar-refractivity contribution in [2.45, 2.75) is 18.9 Å². The Morgan fingerprint density at radius 3 is 3.06 bits per heavy atom. The van der Waals surface area contributed by atoms with Crippen LogP contribution in [0.4, 0.5) is 5.82 Å². The van der Waals surface area contributed by atoms with Crippen molar-refractivity contribution in [2.75, 3.05) is 12.3 Å². The van der Waals surface area contributed by atoms with Crippen LogP contribution in [0.15, 0.2) is 28.7 Å². The molecular formula is C13H14BrN3O. The minimum Gasteiger partial charge on any atom is -0.382 e. The maximum atomic E-state index is 5.98. The first-order chi connectivity index (χ1) is 8.75. The quantitative estimate of drug-likeness (QED) is 0.895. The highest BCUT2D eigenvalue weighted by atomic mass is 79.9. The van der Waals surface area contributed by atoms with Crippen LogP contribution < -0.4 is 5.73 Å². The molecule has 4 nitrogen and oxygen atoms in total. The second kappa shape index (κ2) is 4.74. The van der Waals surface area contributed by atoms with Crippen LogP contribution in [0.5, 0.6) is 0 Å². The molecule has 1 saturated heterocycles. The van der Waals surface area contributed by atoms with Gasteiger partial charge in [-0.15, -0.1) is 0 Å². The number of ether oxygens (including phenoxy) is 1. The van der Waals surface area contributed by atoms with Crippen LogP contribution in [0, 0.1) is 0 Å². The van der Waals surface area contributed by atoms with Gasteiger partial charge in [-0.2, -0.15) is 5.10 Å². The summed E-state index contributed by atoms with van der Waals surface area (Å²) in [5.74, 6) is 0.526. The molecule has 1 atom stereocenters. The molecule has 1 aliphatic heterocycles. The van der Waals surface area contributed by atoms with Crippen molar-refractivity contribution in [1.29, 1.82) is 0 Å². The van der Waals surface area contributed by atoms with Crippen LogP contribution in [0.1, 0.15) is 24.6 Å². The standard InChI is InChI=1S/C13H14BrN3O/c14-9-4-1-3-8(7-9)11-12(16-17-13(11)15)10-5-2-6-18-10/h1,3-4,7,10H,2,5-6H2,(H3,15,16,17). The third-order valence-electron chi connectivity index (χ3n) is 3.19. The lowest BCUT2D eigenvalue weighted by Crippen LogP contribution is -1.99. The molecule has 0 spiro atoms. The molecule has 3 N–H and O–H groups in total. The number of hydrogen-bond acceptors (Lipinski definition) is 3. The van der Waals surface area contributed by atoms with Gasteiger partial charge in [-0.3, -0.25) is 5.10 Å². The third-order valence-corrected chi connectivity index (χ3v) is 3.68. The molecule has 3 rings (SSSR count). The van der Waals surface area contributed by atoms with Gasteiger partial charge in [-0.25, -0.2) is 0 Å². The summed E-state index contributed by atoms with van der Waals surface area (Å²) >= 11 is 3.48. The van der Waals surface area contributed by atoms with Crippen molar-refractivity contribution in [2.24, 2.45) is 0 Å². The molecule has 94 valence electrons.